The molecule has 1 rings (SSSR count). The molecule has 1 fully saturated rings. The quantitative estimate of drug-likeness (QED) is 0.725. The Balaban J connectivity index is 2.30. The summed E-state index contributed by atoms with van der Waals surface area (Å²) in [5.41, 5.74) is 4.61. The molecule has 4 nitrogen and oxygen atoms in total. The van der Waals surface area contributed by atoms with Gasteiger partial charge in [-0.15, -0.1) is 0 Å². The summed E-state index contributed by atoms with van der Waals surface area (Å²) in [6, 6.07) is 0. The third kappa shape index (κ3) is 5.51. The minimum atomic E-state index is -0.698. The molecule has 1 saturated carbocycles. The van der Waals surface area contributed by atoms with Gasteiger partial charge in [-0.25, -0.2) is 4.79 Å². The number of amides is 1. The molecule has 0 bridgehead atoms. The Bertz CT molecular complexity index is 320. The molecular weight excluding hydrogens is 254 g/mol. The normalized spacial score (nSPS) is 24.9. The highest BCUT2D eigenvalue weighted by atomic mass is 16.6. The Morgan fingerprint density at radius 1 is 1.30 bits per heavy atom. The first-order valence-corrected chi connectivity index (χ1v) is 7.77. The lowest BCUT2D eigenvalue weighted by Crippen LogP contribution is -2.37. The third-order valence-corrected chi connectivity index (χ3v) is 4.95. The van der Waals surface area contributed by atoms with Gasteiger partial charge in [0.25, 0.3) is 0 Å². The maximum Gasteiger partial charge on any atom is 0.405 e. The van der Waals surface area contributed by atoms with Gasteiger partial charge in [0.05, 0.1) is 0 Å². The first-order chi connectivity index (χ1) is 9.35. The smallest absolute Gasteiger partial charge is 0.405 e. The molecule has 4 heteroatoms. The molecule has 1 aliphatic rings. The highest BCUT2D eigenvalue weighted by Crippen LogP contribution is 2.35. The zero-order valence-corrected chi connectivity index (χ0v) is 13.1. The van der Waals surface area contributed by atoms with Gasteiger partial charge in [0, 0.05) is 6.42 Å². The zero-order chi connectivity index (χ0) is 15.2. The number of hydrogen-bond acceptors (Lipinski definition) is 3. The Kier molecular flexibility index (Phi) is 6.50. The zero-order valence-electron chi connectivity index (χ0n) is 13.1. The number of aldehydes is 1. The third-order valence-electron chi connectivity index (χ3n) is 4.95. The Morgan fingerprint density at radius 2 is 1.85 bits per heavy atom. The van der Waals surface area contributed by atoms with E-state index < -0.39 is 11.7 Å². The van der Waals surface area contributed by atoms with Crippen molar-refractivity contribution in [1.82, 2.24) is 0 Å². The van der Waals surface area contributed by atoms with Gasteiger partial charge >= 0.3 is 6.09 Å². The van der Waals surface area contributed by atoms with Crippen molar-refractivity contribution < 1.29 is 14.3 Å². The number of nitrogens with two attached hydrogens (primary N) is 1. The van der Waals surface area contributed by atoms with Crippen LogP contribution in [0.15, 0.2) is 0 Å². The summed E-state index contributed by atoms with van der Waals surface area (Å²) in [6.45, 7) is 5.95. The average molecular weight is 283 g/mol. The van der Waals surface area contributed by atoms with Crippen molar-refractivity contribution >= 4 is 12.4 Å². The van der Waals surface area contributed by atoms with Crippen LogP contribution in [-0.2, 0) is 9.53 Å². The molecule has 116 valence electrons. The van der Waals surface area contributed by atoms with E-state index in [2.05, 4.69) is 6.92 Å². The maximum absolute atomic E-state index is 10.9. The van der Waals surface area contributed by atoms with Crippen molar-refractivity contribution in [3.63, 3.8) is 0 Å². The summed E-state index contributed by atoms with van der Waals surface area (Å²) < 4.78 is 5.19. The standard InChI is InChI=1S/C16H29NO3/c1-12(16(2,3)20-15(17)19)4-5-13-6-8-14(9-7-13)10-11-18/h11-14H,4-10H2,1-3H3,(H2,17,19)/t12?,13-,14-. The molecule has 0 aromatic heterocycles. The topological polar surface area (TPSA) is 69.4 Å². The monoisotopic (exact) mass is 283 g/mol. The van der Waals surface area contributed by atoms with E-state index in [1.54, 1.807) is 0 Å². The molecule has 0 aromatic rings. The van der Waals surface area contributed by atoms with E-state index in [0.29, 0.717) is 11.8 Å². The summed E-state index contributed by atoms with van der Waals surface area (Å²) in [4.78, 5) is 21.4. The molecule has 0 spiro atoms. The molecule has 2 N–H and O–H groups in total. The molecule has 0 saturated heterocycles. The summed E-state index contributed by atoms with van der Waals surface area (Å²) in [5.74, 6) is 1.66. The maximum atomic E-state index is 10.9. The SMILES string of the molecule is CC(CC[C@H]1CC[C@H](CC=O)CC1)C(C)(C)OC(N)=O. The van der Waals surface area contributed by atoms with E-state index in [1.165, 1.54) is 32.1 Å². The molecule has 1 aliphatic carbocycles. The number of rotatable bonds is 7. The Morgan fingerprint density at radius 3 is 2.35 bits per heavy atom. The van der Waals surface area contributed by atoms with Crippen molar-refractivity contribution in [3.8, 4) is 0 Å². The van der Waals surface area contributed by atoms with Crippen LogP contribution in [0.1, 0.15) is 65.7 Å². The predicted octanol–water partition coefficient (Wildman–Crippen LogP) is 3.67. The van der Waals surface area contributed by atoms with Crippen LogP contribution in [0.25, 0.3) is 0 Å². The summed E-state index contributed by atoms with van der Waals surface area (Å²) in [6.07, 6.45) is 8.10. The number of carbonyl (C=O) groups is 2. The van der Waals surface area contributed by atoms with Crippen LogP contribution >= 0.6 is 0 Å². The van der Waals surface area contributed by atoms with Gasteiger partial charge in [0.2, 0.25) is 0 Å². The first kappa shape index (κ1) is 17.0. The van der Waals surface area contributed by atoms with Crippen molar-refractivity contribution in [2.45, 2.75) is 71.3 Å². The van der Waals surface area contributed by atoms with Gasteiger partial charge < -0.3 is 15.3 Å². The van der Waals surface area contributed by atoms with Gasteiger partial charge in [0.15, 0.2) is 0 Å². The molecular formula is C16H29NO3. The number of primary amides is 1. The largest absolute Gasteiger partial charge is 0.443 e. The number of hydrogen-bond donors (Lipinski definition) is 1. The van der Waals surface area contributed by atoms with Gasteiger partial charge in [-0.2, -0.15) is 0 Å². The fraction of sp³-hybridized carbons (Fsp3) is 0.875. The number of ether oxygens (including phenoxy) is 1. The predicted molar refractivity (Wildman–Crippen MR) is 79.3 cm³/mol. The summed E-state index contributed by atoms with van der Waals surface area (Å²) in [7, 11) is 0. The molecule has 20 heavy (non-hydrogen) atoms. The second-order valence-corrected chi connectivity index (χ2v) is 6.79. The van der Waals surface area contributed by atoms with Gasteiger partial charge in [-0.05, 0) is 50.9 Å². The molecule has 1 unspecified atom stereocenters. The van der Waals surface area contributed by atoms with E-state index in [1.807, 2.05) is 13.8 Å². The van der Waals surface area contributed by atoms with Crippen LogP contribution in [-0.4, -0.2) is 18.0 Å². The summed E-state index contributed by atoms with van der Waals surface area (Å²) in [5, 5.41) is 0. The second kappa shape index (κ2) is 7.65. The van der Waals surface area contributed by atoms with Crippen LogP contribution in [0.3, 0.4) is 0 Å². The van der Waals surface area contributed by atoms with E-state index in [4.69, 9.17) is 10.5 Å². The lowest BCUT2D eigenvalue weighted by Gasteiger charge is -2.33. The van der Waals surface area contributed by atoms with Crippen molar-refractivity contribution in [2.24, 2.45) is 23.5 Å². The lowest BCUT2D eigenvalue weighted by atomic mass is 9.77. The molecule has 1 amide bonds. The van der Waals surface area contributed by atoms with Crippen LogP contribution < -0.4 is 5.73 Å². The van der Waals surface area contributed by atoms with Crippen molar-refractivity contribution in [1.29, 1.82) is 0 Å². The van der Waals surface area contributed by atoms with Gasteiger partial charge in [0.1, 0.15) is 11.9 Å². The highest BCUT2D eigenvalue weighted by Gasteiger charge is 2.30. The van der Waals surface area contributed by atoms with Crippen LogP contribution in [0.5, 0.6) is 0 Å². The van der Waals surface area contributed by atoms with Crippen LogP contribution in [0, 0.1) is 17.8 Å². The fourth-order valence-electron chi connectivity index (χ4n) is 3.09. The van der Waals surface area contributed by atoms with E-state index in [0.717, 1.165) is 25.0 Å². The molecule has 1 atom stereocenters. The van der Waals surface area contributed by atoms with Gasteiger partial charge in [-0.1, -0.05) is 26.2 Å². The van der Waals surface area contributed by atoms with Crippen molar-refractivity contribution in [3.05, 3.63) is 0 Å². The van der Waals surface area contributed by atoms with Crippen LogP contribution in [0.4, 0.5) is 4.79 Å². The first-order valence-electron chi connectivity index (χ1n) is 7.77. The van der Waals surface area contributed by atoms with Gasteiger partial charge in [-0.3, -0.25) is 0 Å². The average Bonchev–Trinajstić information content (AvgIpc) is 2.36. The van der Waals surface area contributed by atoms with Crippen molar-refractivity contribution in [2.75, 3.05) is 0 Å². The minimum absolute atomic E-state index is 0.294. The fourth-order valence-corrected chi connectivity index (χ4v) is 3.09. The molecule has 0 aliphatic heterocycles. The molecule has 0 heterocycles. The van der Waals surface area contributed by atoms with Crippen LogP contribution in [0.2, 0.25) is 0 Å². The number of carbonyl (C=O) groups excluding carboxylic acids is 2. The Hall–Kier alpha value is -1.06. The van der Waals surface area contributed by atoms with E-state index in [9.17, 15) is 9.59 Å². The lowest BCUT2D eigenvalue weighted by molar-refractivity contribution is -0.108. The minimum Gasteiger partial charge on any atom is -0.443 e. The summed E-state index contributed by atoms with van der Waals surface area (Å²) >= 11 is 0. The highest BCUT2D eigenvalue weighted by molar-refractivity contribution is 5.65. The Labute approximate surface area is 122 Å². The molecule has 0 aromatic carbocycles. The second-order valence-electron chi connectivity index (χ2n) is 6.79. The van der Waals surface area contributed by atoms with E-state index in [-0.39, 0.29) is 0 Å². The van der Waals surface area contributed by atoms with E-state index >= 15 is 0 Å². The molecule has 0 radical (unpaired) electrons.